The maximum Gasteiger partial charge on any atom is 0.0506 e. The van der Waals surface area contributed by atoms with Crippen LogP contribution in [0.3, 0.4) is 0 Å². The van der Waals surface area contributed by atoms with Gasteiger partial charge in [-0.1, -0.05) is 90.4 Å². The molecule has 0 aromatic heterocycles. The molecule has 1 aliphatic rings. The van der Waals surface area contributed by atoms with Crippen LogP contribution in [0.2, 0.25) is 0 Å². The summed E-state index contributed by atoms with van der Waals surface area (Å²) in [7, 11) is 0. The molecule has 0 bridgehead atoms. The van der Waals surface area contributed by atoms with Crippen molar-refractivity contribution in [2.75, 3.05) is 26.3 Å². The van der Waals surface area contributed by atoms with Crippen molar-refractivity contribution in [2.45, 2.75) is 103 Å². The Morgan fingerprint density at radius 2 is 1.26 bits per heavy atom. The minimum atomic E-state index is 0.779. The molecule has 1 heterocycles. The van der Waals surface area contributed by atoms with Crippen LogP contribution in [-0.4, -0.2) is 26.3 Å². The molecule has 0 aliphatic carbocycles. The average Bonchev–Trinajstić information content (AvgIpc) is 3.08. The Hall–Kier alpha value is -0.0800. The largest absolute Gasteiger partial charge is 0.381 e. The predicted octanol–water partition coefficient (Wildman–Crippen LogP) is 6.09. The molecule has 1 fully saturated rings. The second-order valence-electron chi connectivity index (χ2n) is 7.53. The van der Waals surface area contributed by atoms with Gasteiger partial charge in [-0.2, -0.15) is 0 Å². The van der Waals surface area contributed by atoms with Crippen molar-refractivity contribution in [3.63, 3.8) is 0 Å². The van der Waals surface area contributed by atoms with Gasteiger partial charge in [0.2, 0.25) is 0 Å². The molecule has 0 saturated carbocycles. The van der Waals surface area contributed by atoms with Crippen LogP contribution >= 0.6 is 0 Å². The van der Waals surface area contributed by atoms with E-state index in [1.165, 1.54) is 109 Å². The Kier molecular flexibility index (Phi) is 15.3. The molecule has 138 valence electrons. The lowest BCUT2D eigenvalue weighted by Crippen LogP contribution is -2.14. The maximum absolute atomic E-state index is 5.78. The van der Waals surface area contributed by atoms with Crippen molar-refractivity contribution in [1.82, 2.24) is 5.32 Å². The predicted molar refractivity (Wildman–Crippen MR) is 102 cm³/mol. The monoisotopic (exact) mass is 325 g/mol. The van der Waals surface area contributed by atoms with E-state index in [1.54, 1.807) is 0 Å². The summed E-state index contributed by atoms with van der Waals surface area (Å²) in [6.07, 6.45) is 21.3. The second kappa shape index (κ2) is 16.8. The zero-order chi connectivity index (χ0) is 16.4. The van der Waals surface area contributed by atoms with Crippen molar-refractivity contribution in [1.29, 1.82) is 0 Å². The van der Waals surface area contributed by atoms with Gasteiger partial charge in [0.15, 0.2) is 0 Å². The first-order chi connectivity index (χ1) is 11.4. The van der Waals surface area contributed by atoms with Crippen molar-refractivity contribution in [3.05, 3.63) is 0 Å². The smallest absolute Gasteiger partial charge is 0.0506 e. The molecular weight excluding hydrogens is 282 g/mol. The standard InChI is InChI=1S/C21H43NO/c1-2-3-4-5-6-7-8-9-10-11-12-13-14-15-18-23-20-21-16-17-22-19-21/h21-22H,2-20H2,1H3. The van der Waals surface area contributed by atoms with Gasteiger partial charge in [-0.05, 0) is 25.3 Å². The minimum Gasteiger partial charge on any atom is -0.381 e. The van der Waals surface area contributed by atoms with Crippen molar-refractivity contribution >= 4 is 0 Å². The Bertz CT molecular complexity index is 226. The molecule has 1 saturated heterocycles. The van der Waals surface area contributed by atoms with E-state index in [4.69, 9.17) is 4.74 Å². The molecule has 0 radical (unpaired) electrons. The van der Waals surface area contributed by atoms with Gasteiger partial charge in [-0.15, -0.1) is 0 Å². The molecular formula is C21H43NO. The van der Waals surface area contributed by atoms with E-state index < -0.39 is 0 Å². The molecule has 1 unspecified atom stereocenters. The molecule has 2 heteroatoms. The third kappa shape index (κ3) is 14.0. The molecule has 0 spiro atoms. The van der Waals surface area contributed by atoms with Gasteiger partial charge < -0.3 is 10.1 Å². The number of hydrogen-bond acceptors (Lipinski definition) is 2. The fraction of sp³-hybridized carbons (Fsp3) is 1.00. The molecule has 1 aliphatic heterocycles. The Labute approximate surface area is 146 Å². The summed E-state index contributed by atoms with van der Waals surface area (Å²) in [4.78, 5) is 0. The number of ether oxygens (including phenoxy) is 1. The maximum atomic E-state index is 5.78. The van der Waals surface area contributed by atoms with E-state index >= 15 is 0 Å². The third-order valence-corrected chi connectivity index (χ3v) is 5.16. The van der Waals surface area contributed by atoms with Crippen LogP contribution in [0.25, 0.3) is 0 Å². The second-order valence-corrected chi connectivity index (χ2v) is 7.53. The number of unbranched alkanes of at least 4 members (excludes halogenated alkanes) is 13. The Balaban J connectivity index is 1.64. The lowest BCUT2D eigenvalue weighted by molar-refractivity contribution is 0.101. The minimum absolute atomic E-state index is 0.779. The van der Waals surface area contributed by atoms with Crippen LogP contribution in [0.4, 0.5) is 0 Å². The summed E-state index contributed by atoms with van der Waals surface area (Å²) < 4.78 is 5.78. The summed E-state index contributed by atoms with van der Waals surface area (Å²) >= 11 is 0. The highest BCUT2D eigenvalue weighted by Gasteiger charge is 2.13. The Morgan fingerprint density at radius 3 is 1.74 bits per heavy atom. The summed E-state index contributed by atoms with van der Waals surface area (Å²) in [6.45, 7) is 6.60. The van der Waals surface area contributed by atoms with Crippen LogP contribution in [-0.2, 0) is 4.74 Å². The summed E-state index contributed by atoms with van der Waals surface area (Å²) in [5, 5.41) is 3.40. The molecule has 1 N–H and O–H groups in total. The van der Waals surface area contributed by atoms with Crippen molar-refractivity contribution < 1.29 is 4.74 Å². The zero-order valence-corrected chi connectivity index (χ0v) is 15.9. The lowest BCUT2D eigenvalue weighted by atomic mass is 10.0. The fourth-order valence-electron chi connectivity index (χ4n) is 3.51. The van der Waals surface area contributed by atoms with E-state index in [-0.39, 0.29) is 0 Å². The quantitative estimate of drug-likeness (QED) is 0.326. The van der Waals surface area contributed by atoms with E-state index in [1.807, 2.05) is 0 Å². The van der Waals surface area contributed by atoms with E-state index in [2.05, 4.69) is 12.2 Å². The van der Waals surface area contributed by atoms with E-state index in [0.29, 0.717) is 0 Å². The SMILES string of the molecule is CCCCCCCCCCCCCCCCOCC1CCNC1. The molecule has 2 nitrogen and oxygen atoms in total. The van der Waals surface area contributed by atoms with Crippen LogP contribution in [0.5, 0.6) is 0 Å². The molecule has 1 rings (SSSR count). The van der Waals surface area contributed by atoms with Gasteiger partial charge in [0.1, 0.15) is 0 Å². The number of nitrogens with one attached hydrogen (secondary N) is 1. The van der Waals surface area contributed by atoms with E-state index in [9.17, 15) is 0 Å². The average molecular weight is 326 g/mol. The summed E-state index contributed by atoms with van der Waals surface area (Å²) in [6, 6.07) is 0. The van der Waals surface area contributed by atoms with Crippen LogP contribution in [0.1, 0.15) is 103 Å². The topological polar surface area (TPSA) is 21.3 Å². The highest BCUT2D eigenvalue weighted by molar-refractivity contribution is 4.70. The molecule has 23 heavy (non-hydrogen) atoms. The van der Waals surface area contributed by atoms with Gasteiger partial charge in [0.05, 0.1) is 6.61 Å². The van der Waals surface area contributed by atoms with Gasteiger partial charge in [0.25, 0.3) is 0 Å². The summed E-state index contributed by atoms with van der Waals surface area (Å²) in [5.74, 6) is 0.779. The van der Waals surface area contributed by atoms with Crippen LogP contribution < -0.4 is 5.32 Å². The van der Waals surface area contributed by atoms with Gasteiger partial charge in [-0.3, -0.25) is 0 Å². The first-order valence-electron chi connectivity index (χ1n) is 10.7. The zero-order valence-electron chi connectivity index (χ0n) is 15.9. The van der Waals surface area contributed by atoms with Crippen LogP contribution in [0, 0.1) is 5.92 Å². The molecule has 0 amide bonds. The number of rotatable bonds is 17. The molecule has 1 atom stereocenters. The van der Waals surface area contributed by atoms with Gasteiger partial charge in [-0.25, -0.2) is 0 Å². The van der Waals surface area contributed by atoms with Crippen molar-refractivity contribution in [2.24, 2.45) is 5.92 Å². The van der Waals surface area contributed by atoms with Gasteiger partial charge in [0, 0.05) is 13.2 Å². The van der Waals surface area contributed by atoms with E-state index in [0.717, 1.165) is 19.1 Å². The third-order valence-electron chi connectivity index (χ3n) is 5.16. The van der Waals surface area contributed by atoms with Gasteiger partial charge >= 0.3 is 0 Å². The molecule has 0 aromatic rings. The highest BCUT2D eigenvalue weighted by Crippen LogP contribution is 2.13. The first kappa shape index (κ1) is 21.0. The Morgan fingerprint density at radius 1 is 0.739 bits per heavy atom. The normalized spacial score (nSPS) is 17.9. The number of hydrogen-bond donors (Lipinski definition) is 1. The fourth-order valence-corrected chi connectivity index (χ4v) is 3.51. The first-order valence-corrected chi connectivity index (χ1v) is 10.7. The summed E-state index contributed by atoms with van der Waals surface area (Å²) in [5.41, 5.74) is 0. The molecule has 0 aromatic carbocycles. The highest BCUT2D eigenvalue weighted by atomic mass is 16.5. The lowest BCUT2D eigenvalue weighted by Gasteiger charge is -2.09. The van der Waals surface area contributed by atoms with Crippen LogP contribution in [0.15, 0.2) is 0 Å². The van der Waals surface area contributed by atoms with Crippen molar-refractivity contribution in [3.8, 4) is 0 Å².